The van der Waals surface area contributed by atoms with Gasteiger partial charge in [-0.15, -0.1) is 0 Å². The molecule has 0 saturated heterocycles. The summed E-state index contributed by atoms with van der Waals surface area (Å²) in [6.07, 6.45) is 0.379. The fourth-order valence-electron chi connectivity index (χ4n) is 5.39. The lowest BCUT2D eigenvalue weighted by Gasteiger charge is -2.21. The van der Waals surface area contributed by atoms with Gasteiger partial charge in [-0.1, -0.05) is 12.1 Å². The third-order valence-electron chi connectivity index (χ3n) is 7.30. The molecule has 2 aliphatic rings. The highest BCUT2D eigenvalue weighted by Gasteiger charge is 2.34. The van der Waals surface area contributed by atoms with Crippen LogP contribution >= 0.6 is 0 Å². The second-order valence-electron chi connectivity index (χ2n) is 9.30. The number of anilines is 1. The molecule has 0 amide bonds. The Bertz CT molecular complexity index is 1840. The van der Waals surface area contributed by atoms with Crippen molar-refractivity contribution in [2.24, 2.45) is 0 Å². The Hall–Kier alpha value is -4.56. The molecular weight excluding hydrogens is 456 g/mol. The van der Waals surface area contributed by atoms with Gasteiger partial charge in [0.1, 0.15) is 6.61 Å². The highest BCUT2D eigenvalue weighted by atomic mass is 16.5. The highest BCUT2D eigenvalue weighted by molar-refractivity contribution is 6.09. The van der Waals surface area contributed by atoms with Crippen LogP contribution in [0.3, 0.4) is 0 Å². The number of aliphatic hydroxyl groups is 1. The van der Waals surface area contributed by atoms with Crippen molar-refractivity contribution in [3.63, 3.8) is 0 Å². The maximum absolute atomic E-state index is 13.3. The number of carbonyl (C=O) groups is 1. The van der Waals surface area contributed by atoms with Gasteiger partial charge in [0, 0.05) is 39.3 Å². The smallest absolute Gasteiger partial charge is 0.340 e. The molecule has 36 heavy (non-hydrogen) atoms. The Kier molecular flexibility index (Phi) is 4.17. The van der Waals surface area contributed by atoms with Crippen molar-refractivity contribution in [3.05, 3.63) is 87.3 Å². The molecule has 0 bridgehead atoms. The quantitative estimate of drug-likeness (QED) is 0.211. The number of cyclic esters (lactones) is 1. The van der Waals surface area contributed by atoms with Crippen LogP contribution in [0.15, 0.2) is 59.5 Å². The molecule has 0 radical (unpaired) electrons. The van der Waals surface area contributed by atoms with Gasteiger partial charge in [-0.05, 0) is 54.4 Å². The van der Waals surface area contributed by atoms with Gasteiger partial charge in [-0.25, -0.2) is 9.78 Å². The monoisotopic (exact) mass is 476 g/mol. The second-order valence-corrected chi connectivity index (χ2v) is 9.30. The second kappa shape index (κ2) is 7.22. The van der Waals surface area contributed by atoms with E-state index in [0.29, 0.717) is 34.7 Å². The van der Waals surface area contributed by atoms with Crippen LogP contribution in [0.1, 0.15) is 28.4 Å². The lowest BCUT2D eigenvalue weighted by Crippen LogP contribution is -2.32. The standard InChI is InChI=1S/C28H20N4O4/c1-13-19-11-32-23(9-17-20(27(32)34)12-36-28(35)26(17)33)25(19)31-22-7-6-21-18(24(13)22)8-15(10-30-21)14-2-4-16(29)5-3-14/h2-10,26,33H,11-12,29H2,1H3. The van der Waals surface area contributed by atoms with E-state index in [1.807, 2.05) is 49.5 Å². The predicted octanol–water partition coefficient (Wildman–Crippen LogP) is 3.62. The Morgan fingerprint density at radius 1 is 1.03 bits per heavy atom. The number of aryl methyl sites for hydroxylation is 1. The van der Waals surface area contributed by atoms with E-state index in [0.717, 1.165) is 44.1 Å². The summed E-state index contributed by atoms with van der Waals surface area (Å²) < 4.78 is 6.64. The zero-order valence-corrected chi connectivity index (χ0v) is 19.3. The first-order valence-electron chi connectivity index (χ1n) is 11.6. The minimum atomic E-state index is -1.47. The Morgan fingerprint density at radius 3 is 2.61 bits per heavy atom. The van der Waals surface area contributed by atoms with Crippen molar-refractivity contribution < 1.29 is 14.6 Å². The molecule has 3 N–H and O–H groups in total. The van der Waals surface area contributed by atoms with Crippen LogP contribution < -0.4 is 11.3 Å². The van der Waals surface area contributed by atoms with Gasteiger partial charge in [-0.2, -0.15) is 0 Å². The molecule has 5 heterocycles. The summed E-state index contributed by atoms with van der Waals surface area (Å²) in [7, 11) is 0. The molecule has 0 spiro atoms. The van der Waals surface area contributed by atoms with E-state index < -0.39 is 12.1 Å². The van der Waals surface area contributed by atoms with Gasteiger partial charge in [0.25, 0.3) is 5.56 Å². The third-order valence-corrected chi connectivity index (χ3v) is 7.30. The summed E-state index contributed by atoms with van der Waals surface area (Å²) in [5, 5.41) is 12.3. The number of esters is 1. The number of nitrogen functional groups attached to an aromatic ring is 1. The van der Waals surface area contributed by atoms with Crippen molar-refractivity contribution in [1.29, 1.82) is 0 Å². The van der Waals surface area contributed by atoms with Crippen LogP contribution in [0.2, 0.25) is 0 Å². The molecule has 2 aliphatic heterocycles. The number of hydrogen-bond acceptors (Lipinski definition) is 7. The van der Waals surface area contributed by atoms with Crippen molar-refractivity contribution in [2.45, 2.75) is 26.2 Å². The lowest BCUT2D eigenvalue weighted by atomic mass is 9.96. The van der Waals surface area contributed by atoms with Crippen LogP contribution in [0.25, 0.3) is 44.3 Å². The summed E-state index contributed by atoms with van der Waals surface area (Å²) >= 11 is 0. The molecule has 1 atom stereocenters. The minimum absolute atomic E-state index is 0.140. The Morgan fingerprint density at radius 2 is 1.81 bits per heavy atom. The van der Waals surface area contributed by atoms with E-state index in [9.17, 15) is 14.7 Å². The van der Waals surface area contributed by atoms with Gasteiger partial charge >= 0.3 is 5.97 Å². The molecule has 7 rings (SSSR count). The van der Waals surface area contributed by atoms with E-state index >= 15 is 0 Å². The summed E-state index contributed by atoms with van der Waals surface area (Å²) in [4.78, 5) is 34.8. The average Bonchev–Trinajstić information content (AvgIpc) is 3.26. The van der Waals surface area contributed by atoms with Gasteiger partial charge in [0.15, 0.2) is 6.10 Å². The Balaban J connectivity index is 1.46. The van der Waals surface area contributed by atoms with Gasteiger partial charge < -0.3 is 20.1 Å². The zero-order chi connectivity index (χ0) is 24.7. The maximum atomic E-state index is 13.3. The largest absolute Gasteiger partial charge is 0.458 e. The maximum Gasteiger partial charge on any atom is 0.340 e. The molecule has 176 valence electrons. The topological polar surface area (TPSA) is 120 Å². The zero-order valence-electron chi connectivity index (χ0n) is 19.3. The van der Waals surface area contributed by atoms with Crippen LogP contribution in [0.4, 0.5) is 5.69 Å². The molecule has 0 fully saturated rings. The average molecular weight is 476 g/mol. The number of aliphatic hydroxyl groups excluding tert-OH is 1. The fraction of sp³-hybridized carbons (Fsp3) is 0.143. The molecule has 3 aromatic heterocycles. The summed E-state index contributed by atoms with van der Waals surface area (Å²) in [6.45, 7) is 2.26. The van der Waals surface area contributed by atoms with Crippen molar-refractivity contribution in [2.75, 3.05) is 5.73 Å². The number of aromatic nitrogens is 3. The molecule has 8 nitrogen and oxygen atoms in total. The SMILES string of the molecule is Cc1c2c(nc3ccc4ncc(-c5ccc(N)cc5)cc4c13)-c1cc3c(c(=O)n1C2)COC(=O)C3O. The van der Waals surface area contributed by atoms with Crippen molar-refractivity contribution in [3.8, 4) is 22.5 Å². The first kappa shape index (κ1) is 20.8. The molecule has 0 saturated carbocycles. The number of nitrogens with two attached hydrogens (primary N) is 1. The van der Waals surface area contributed by atoms with E-state index in [-0.39, 0.29) is 12.2 Å². The van der Waals surface area contributed by atoms with E-state index in [4.69, 9.17) is 20.4 Å². The van der Waals surface area contributed by atoms with Crippen LogP contribution in [0.5, 0.6) is 0 Å². The number of benzene rings is 2. The van der Waals surface area contributed by atoms with Crippen LogP contribution in [-0.4, -0.2) is 25.6 Å². The Labute approximate surface area is 204 Å². The highest BCUT2D eigenvalue weighted by Crippen LogP contribution is 2.39. The first-order valence-corrected chi connectivity index (χ1v) is 11.6. The number of ether oxygens (including phenoxy) is 1. The third kappa shape index (κ3) is 2.79. The molecule has 5 aromatic rings. The number of carbonyl (C=O) groups excluding carboxylic acids is 1. The summed E-state index contributed by atoms with van der Waals surface area (Å²) in [6, 6.07) is 15.4. The number of fused-ring (bicyclic) bond motifs is 7. The number of rotatable bonds is 1. The van der Waals surface area contributed by atoms with E-state index in [2.05, 4.69) is 6.07 Å². The molecule has 0 aliphatic carbocycles. The van der Waals surface area contributed by atoms with Gasteiger partial charge in [0.2, 0.25) is 0 Å². The first-order chi connectivity index (χ1) is 17.4. The molecule has 1 unspecified atom stereocenters. The van der Waals surface area contributed by atoms with Gasteiger partial charge in [0.05, 0.1) is 34.5 Å². The minimum Gasteiger partial charge on any atom is -0.458 e. The molecule has 8 heteroatoms. The number of nitrogens with zero attached hydrogens (tertiary/aromatic N) is 3. The number of hydrogen-bond donors (Lipinski definition) is 2. The van der Waals surface area contributed by atoms with Gasteiger partial charge in [-0.3, -0.25) is 9.78 Å². The summed E-state index contributed by atoms with van der Waals surface area (Å²) in [5.74, 6) is -0.747. The predicted molar refractivity (Wildman–Crippen MR) is 135 cm³/mol. The molecule has 2 aromatic carbocycles. The van der Waals surface area contributed by atoms with Crippen LogP contribution in [-0.2, 0) is 22.7 Å². The fourth-order valence-corrected chi connectivity index (χ4v) is 5.39. The summed E-state index contributed by atoms with van der Waals surface area (Å²) in [5.41, 5.74) is 13.8. The van der Waals surface area contributed by atoms with E-state index in [1.54, 1.807) is 10.6 Å². The number of pyridine rings is 3. The van der Waals surface area contributed by atoms with Crippen LogP contribution in [0, 0.1) is 6.92 Å². The normalized spacial score (nSPS) is 16.1. The van der Waals surface area contributed by atoms with Crippen molar-refractivity contribution >= 4 is 33.5 Å². The lowest BCUT2D eigenvalue weighted by molar-refractivity contribution is -0.157. The molecular formula is C28H20N4O4. The van der Waals surface area contributed by atoms with Crippen molar-refractivity contribution in [1.82, 2.24) is 14.5 Å². The van der Waals surface area contributed by atoms with E-state index in [1.165, 1.54) is 0 Å².